The molecule has 2 amide bonds. The van der Waals surface area contributed by atoms with Gasteiger partial charge in [0.25, 0.3) is 0 Å². The molecule has 0 fully saturated rings. The molecule has 0 aliphatic carbocycles. The van der Waals surface area contributed by atoms with Gasteiger partial charge in [0.15, 0.2) is 0 Å². The summed E-state index contributed by atoms with van der Waals surface area (Å²) in [6, 6.07) is 17.7. The van der Waals surface area contributed by atoms with Gasteiger partial charge in [-0.3, -0.25) is 9.59 Å². The zero-order valence-electron chi connectivity index (χ0n) is 19.1. The first-order valence-corrected chi connectivity index (χ1v) is 10.6. The van der Waals surface area contributed by atoms with Gasteiger partial charge in [-0.05, 0) is 67.1 Å². The van der Waals surface area contributed by atoms with Crippen LogP contribution in [0.5, 0.6) is 17.2 Å². The van der Waals surface area contributed by atoms with Crippen molar-refractivity contribution in [1.29, 1.82) is 0 Å². The van der Waals surface area contributed by atoms with Crippen LogP contribution in [0.2, 0.25) is 5.02 Å². The van der Waals surface area contributed by atoms with E-state index in [9.17, 15) is 14.4 Å². The van der Waals surface area contributed by atoms with Crippen LogP contribution in [-0.4, -0.2) is 37.7 Å². The lowest BCUT2D eigenvalue weighted by Gasteiger charge is -2.11. The summed E-state index contributed by atoms with van der Waals surface area (Å²) in [5.41, 5.74) is 3.91. The molecule has 3 rings (SSSR count). The zero-order chi connectivity index (χ0) is 25.4. The maximum Gasteiger partial charge on any atom is 0.343 e. The van der Waals surface area contributed by atoms with Crippen molar-refractivity contribution in [2.45, 2.75) is 6.92 Å². The number of hydrogen-bond donors (Lipinski definition) is 2. The maximum absolute atomic E-state index is 12.2. The van der Waals surface area contributed by atoms with E-state index in [2.05, 4.69) is 15.8 Å². The standard InChI is InChI=1S/C25H22ClN3O6/c1-15(16-7-9-19(10-8-16)35-25(32)17-5-4-6-18(26)13-17)28-29-24(31)23(30)27-21-12-11-20(33-2)14-22(21)34-3/h4-14H,1-3H3,(H,27,30)(H,29,31)/b28-15+. The van der Waals surface area contributed by atoms with Crippen molar-refractivity contribution in [3.05, 3.63) is 82.9 Å². The first kappa shape index (κ1) is 25.3. The first-order valence-electron chi connectivity index (χ1n) is 10.3. The van der Waals surface area contributed by atoms with E-state index < -0.39 is 17.8 Å². The fourth-order valence-corrected chi connectivity index (χ4v) is 3.07. The Kier molecular flexibility index (Phi) is 8.42. The molecule has 180 valence electrons. The lowest BCUT2D eigenvalue weighted by Crippen LogP contribution is -2.33. The predicted octanol–water partition coefficient (Wildman–Crippen LogP) is 4.06. The highest BCUT2D eigenvalue weighted by atomic mass is 35.5. The Labute approximate surface area is 206 Å². The molecule has 0 saturated carbocycles. The maximum atomic E-state index is 12.2. The topological polar surface area (TPSA) is 115 Å². The summed E-state index contributed by atoms with van der Waals surface area (Å²) in [4.78, 5) is 36.6. The number of carbonyl (C=O) groups excluding carboxylic acids is 3. The average Bonchev–Trinajstić information content (AvgIpc) is 2.87. The second kappa shape index (κ2) is 11.7. The van der Waals surface area contributed by atoms with Crippen LogP contribution < -0.4 is 25.0 Å². The van der Waals surface area contributed by atoms with Gasteiger partial charge in [0, 0.05) is 11.1 Å². The highest BCUT2D eigenvalue weighted by molar-refractivity contribution is 6.39. The molecule has 0 radical (unpaired) electrons. The molecule has 0 aromatic heterocycles. The van der Waals surface area contributed by atoms with Gasteiger partial charge in [-0.1, -0.05) is 17.7 Å². The van der Waals surface area contributed by atoms with Crippen LogP contribution in [0.3, 0.4) is 0 Å². The average molecular weight is 496 g/mol. The first-order chi connectivity index (χ1) is 16.8. The summed E-state index contributed by atoms with van der Waals surface area (Å²) in [6.45, 7) is 1.65. The molecule has 0 spiro atoms. The SMILES string of the molecule is COc1ccc(NC(=O)C(=O)N/N=C(\C)c2ccc(OC(=O)c3cccc(Cl)c3)cc2)c(OC)c1. The van der Waals surface area contributed by atoms with Crippen molar-refractivity contribution < 1.29 is 28.6 Å². The summed E-state index contributed by atoms with van der Waals surface area (Å²) >= 11 is 5.90. The van der Waals surface area contributed by atoms with Gasteiger partial charge in [0.2, 0.25) is 0 Å². The van der Waals surface area contributed by atoms with Gasteiger partial charge in [0.05, 0.1) is 31.2 Å². The van der Waals surface area contributed by atoms with Gasteiger partial charge in [0.1, 0.15) is 17.2 Å². The normalized spacial score (nSPS) is 10.8. The largest absolute Gasteiger partial charge is 0.497 e. The molecule has 0 unspecified atom stereocenters. The Morgan fingerprint density at radius 1 is 0.829 bits per heavy atom. The molecule has 35 heavy (non-hydrogen) atoms. The fourth-order valence-electron chi connectivity index (χ4n) is 2.88. The number of nitrogens with one attached hydrogen (secondary N) is 2. The fraction of sp³-hybridized carbons (Fsp3) is 0.120. The summed E-state index contributed by atoms with van der Waals surface area (Å²) in [5.74, 6) is -1.24. The summed E-state index contributed by atoms with van der Waals surface area (Å²) in [6.07, 6.45) is 0. The van der Waals surface area contributed by atoms with Gasteiger partial charge < -0.3 is 19.5 Å². The second-order valence-corrected chi connectivity index (χ2v) is 7.52. The molecule has 3 aromatic carbocycles. The van der Waals surface area contributed by atoms with Crippen molar-refractivity contribution in [3.8, 4) is 17.2 Å². The molecule has 0 bridgehead atoms. The number of ether oxygens (including phenoxy) is 3. The van der Waals surface area contributed by atoms with E-state index in [4.69, 9.17) is 25.8 Å². The van der Waals surface area contributed by atoms with E-state index in [-0.39, 0.29) is 0 Å². The number of halogens is 1. The van der Waals surface area contributed by atoms with Crippen LogP contribution in [0.15, 0.2) is 71.8 Å². The van der Waals surface area contributed by atoms with Crippen LogP contribution >= 0.6 is 11.6 Å². The Hall–Kier alpha value is -4.37. The van der Waals surface area contributed by atoms with Crippen LogP contribution in [0, 0.1) is 0 Å². The van der Waals surface area contributed by atoms with Crippen molar-refractivity contribution in [3.63, 3.8) is 0 Å². The molecule has 0 heterocycles. The minimum absolute atomic E-state index is 0.303. The third-order valence-electron chi connectivity index (χ3n) is 4.73. The van der Waals surface area contributed by atoms with Crippen LogP contribution in [-0.2, 0) is 9.59 Å². The number of benzene rings is 3. The molecule has 0 aliphatic rings. The van der Waals surface area contributed by atoms with E-state index in [0.717, 1.165) is 0 Å². The van der Waals surface area contributed by atoms with Crippen LogP contribution in [0.1, 0.15) is 22.8 Å². The Morgan fingerprint density at radius 2 is 1.54 bits per heavy atom. The number of hydrazone groups is 1. The lowest BCUT2D eigenvalue weighted by molar-refractivity contribution is -0.136. The predicted molar refractivity (Wildman–Crippen MR) is 131 cm³/mol. The number of anilines is 1. The number of rotatable bonds is 7. The number of amides is 2. The van der Waals surface area contributed by atoms with Crippen molar-refractivity contribution >= 4 is 40.8 Å². The third kappa shape index (κ3) is 6.81. The van der Waals surface area contributed by atoms with E-state index in [0.29, 0.717) is 44.8 Å². The highest BCUT2D eigenvalue weighted by Gasteiger charge is 2.16. The number of esters is 1. The van der Waals surface area contributed by atoms with Crippen molar-refractivity contribution in [1.82, 2.24) is 5.43 Å². The molecular formula is C25H22ClN3O6. The second-order valence-electron chi connectivity index (χ2n) is 7.08. The van der Waals surface area contributed by atoms with Gasteiger partial charge >= 0.3 is 17.8 Å². The number of methoxy groups -OCH3 is 2. The van der Waals surface area contributed by atoms with Crippen LogP contribution in [0.25, 0.3) is 0 Å². The van der Waals surface area contributed by atoms with E-state index in [1.54, 1.807) is 67.6 Å². The summed E-state index contributed by atoms with van der Waals surface area (Å²) < 4.78 is 15.6. The molecule has 0 atom stereocenters. The number of carbonyl (C=O) groups is 3. The van der Waals surface area contributed by atoms with Gasteiger partial charge in [-0.15, -0.1) is 0 Å². The third-order valence-corrected chi connectivity index (χ3v) is 4.97. The molecule has 0 saturated heterocycles. The molecule has 3 aromatic rings. The zero-order valence-corrected chi connectivity index (χ0v) is 19.9. The smallest absolute Gasteiger partial charge is 0.343 e. The monoisotopic (exact) mass is 495 g/mol. The van der Waals surface area contributed by atoms with Crippen molar-refractivity contribution in [2.24, 2.45) is 5.10 Å². The lowest BCUT2D eigenvalue weighted by atomic mass is 10.1. The minimum atomic E-state index is -0.964. The summed E-state index contributed by atoms with van der Waals surface area (Å²) in [7, 11) is 2.93. The Bertz CT molecular complexity index is 1270. The van der Waals surface area contributed by atoms with Crippen LogP contribution in [0.4, 0.5) is 5.69 Å². The van der Waals surface area contributed by atoms with E-state index in [1.165, 1.54) is 20.3 Å². The highest BCUT2D eigenvalue weighted by Crippen LogP contribution is 2.28. The van der Waals surface area contributed by atoms with Gasteiger partial charge in [-0.2, -0.15) is 5.10 Å². The molecule has 2 N–H and O–H groups in total. The molecule has 0 aliphatic heterocycles. The molecule has 10 heteroatoms. The number of nitrogens with zero attached hydrogens (tertiary/aromatic N) is 1. The van der Waals surface area contributed by atoms with E-state index >= 15 is 0 Å². The minimum Gasteiger partial charge on any atom is -0.497 e. The van der Waals surface area contributed by atoms with Crippen molar-refractivity contribution in [2.75, 3.05) is 19.5 Å². The Morgan fingerprint density at radius 3 is 2.20 bits per heavy atom. The quantitative estimate of drug-likeness (QED) is 0.168. The summed E-state index contributed by atoms with van der Waals surface area (Å²) in [5, 5.41) is 6.85. The van der Waals surface area contributed by atoms with Gasteiger partial charge in [-0.25, -0.2) is 10.2 Å². The van der Waals surface area contributed by atoms with E-state index in [1.807, 2.05) is 0 Å². The molecule has 9 nitrogen and oxygen atoms in total. The Balaban J connectivity index is 1.58. The molecular weight excluding hydrogens is 474 g/mol. The number of hydrogen-bond acceptors (Lipinski definition) is 7.